The van der Waals surface area contributed by atoms with Gasteiger partial charge in [0.15, 0.2) is 0 Å². The van der Waals surface area contributed by atoms with Gasteiger partial charge in [0.25, 0.3) is 0 Å². The molecule has 0 bridgehead atoms. The summed E-state index contributed by atoms with van der Waals surface area (Å²) in [7, 11) is -0.766. The van der Waals surface area contributed by atoms with E-state index in [2.05, 4.69) is 0 Å². The molecule has 1 atom stereocenters. The highest BCUT2D eigenvalue weighted by Gasteiger charge is 2.01. The summed E-state index contributed by atoms with van der Waals surface area (Å²) in [5.41, 5.74) is 6.32. The molecule has 0 spiro atoms. The second kappa shape index (κ2) is 6.45. The molecule has 0 saturated carbocycles. The highest BCUT2D eigenvalue weighted by atomic mass is 32.2. The predicted octanol–water partition coefficient (Wildman–Crippen LogP) is 1.81. The third-order valence-corrected chi connectivity index (χ3v) is 3.40. The van der Waals surface area contributed by atoms with Crippen molar-refractivity contribution in [2.75, 3.05) is 23.8 Å². The average molecular weight is 227 g/mol. The number of rotatable bonds is 6. The fourth-order valence-corrected chi connectivity index (χ4v) is 2.11. The first-order valence-electron chi connectivity index (χ1n) is 5.06. The first-order valence-corrected chi connectivity index (χ1v) is 6.55. The topological polar surface area (TPSA) is 52.3 Å². The Labute approximate surface area is 93.1 Å². The third-order valence-electron chi connectivity index (χ3n) is 1.92. The van der Waals surface area contributed by atoms with Crippen molar-refractivity contribution in [2.24, 2.45) is 0 Å². The quantitative estimate of drug-likeness (QED) is 0.754. The van der Waals surface area contributed by atoms with Crippen LogP contribution in [-0.4, -0.2) is 22.3 Å². The van der Waals surface area contributed by atoms with Crippen LogP contribution in [0.5, 0.6) is 5.75 Å². The van der Waals surface area contributed by atoms with E-state index >= 15 is 0 Å². The average Bonchev–Trinajstić information content (AvgIpc) is 2.21. The summed E-state index contributed by atoms with van der Waals surface area (Å²) in [6, 6.07) is 7.34. The van der Waals surface area contributed by atoms with Gasteiger partial charge >= 0.3 is 0 Å². The Balaban J connectivity index is 2.32. The van der Waals surface area contributed by atoms with E-state index in [1.54, 1.807) is 6.07 Å². The van der Waals surface area contributed by atoms with E-state index in [0.29, 0.717) is 23.8 Å². The molecule has 3 nitrogen and oxygen atoms in total. The summed E-state index contributed by atoms with van der Waals surface area (Å²) < 4.78 is 16.8. The summed E-state index contributed by atoms with van der Waals surface area (Å²) in [5.74, 6) is 1.99. The molecule has 0 fully saturated rings. The van der Waals surface area contributed by atoms with Crippen LogP contribution in [0.2, 0.25) is 0 Å². The van der Waals surface area contributed by atoms with Crippen molar-refractivity contribution in [2.45, 2.75) is 13.3 Å². The molecule has 0 aliphatic heterocycles. The van der Waals surface area contributed by atoms with Crippen molar-refractivity contribution >= 4 is 16.5 Å². The molecule has 4 heteroatoms. The molecule has 1 aromatic rings. The number of benzene rings is 1. The molecule has 0 saturated heterocycles. The maximum atomic E-state index is 11.3. The zero-order valence-electron chi connectivity index (χ0n) is 8.94. The van der Waals surface area contributed by atoms with Gasteiger partial charge in [-0.1, -0.05) is 19.1 Å². The van der Waals surface area contributed by atoms with Crippen molar-refractivity contribution in [3.8, 4) is 5.75 Å². The molecule has 0 amide bonds. The maximum Gasteiger partial charge on any atom is 0.142 e. The van der Waals surface area contributed by atoms with Gasteiger partial charge in [0.1, 0.15) is 5.75 Å². The molecule has 1 aromatic carbocycles. The third kappa shape index (κ3) is 4.34. The molecule has 1 unspecified atom stereocenters. The smallest absolute Gasteiger partial charge is 0.142 e. The lowest BCUT2D eigenvalue weighted by molar-refractivity contribution is 0.344. The maximum absolute atomic E-state index is 11.3. The van der Waals surface area contributed by atoms with Crippen LogP contribution in [-0.2, 0) is 10.8 Å². The molecule has 0 aromatic heterocycles. The minimum atomic E-state index is -0.766. The van der Waals surface area contributed by atoms with Crippen LogP contribution < -0.4 is 10.5 Å². The zero-order chi connectivity index (χ0) is 11.1. The van der Waals surface area contributed by atoms with E-state index < -0.39 is 10.8 Å². The second-order valence-electron chi connectivity index (χ2n) is 3.23. The number of nitrogen functional groups attached to an aromatic ring is 1. The predicted molar refractivity (Wildman–Crippen MR) is 64.5 cm³/mol. The van der Waals surface area contributed by atoms with Crippen LogP contribution in [0.1, 0.15) is 13.3 Å². The van der Waals surface area contributed by atoms with E-state index in [4.69, 9.17) is 10.5 Å². The van der Waals surface area contributed by atoms with E-state index in [9.17, 15) is 4.21 Å². The standard InChI is InChI=1S/C11H17NO2S/c1-2-8-15(13)9-7-14-11-6-4-3-5-10(11)12/h3-6H,2,7-9,12H2,1H3. The number of hydrogen-bond acceptors (Lipinski definition) is 3. The fourth-order valence-electron chi connectivity index (χ4n) is 1.19. The monoisotopic (exact) mass is 227 g/mol. The number of para-hydroxylation sites is 2. The van der Waals surface area contributed by atoms with Gasteiger partial charge in [0, 0.05) is 16.6 Å². The highest BCUT2D eigenvalue weighted by Crippen LogP contribution is 2.19. The van der Waals surface area contributed by atoms with Gasteiger partial charge in [-0.3, -0.25) is 4.21 Å². The number of ether oxygens (including phenoxy) is 1. The zero-order valence-corrected chi connectivity index (χ0v) is 9.76. The van der Waals surface area contributed by atoms with Gasteiger partial charge in [0.05, 0.1) is 18.0 Å². The Morgan fingerprint density at radius 2 is 2.07 bits per heavy atom. The molecular formula is C11H17NO2S. The van der Waals surface area contributed by atoms with Gasteiger partial charge < -0.3 is 10.5 Å². The van der Waals surface area contributed by atoms with Gasteiger partial charge in [0.2, 0.25) is 0 Å². The molecule has 0 radical (unpaired) electrons. The summed E-state index contributed by atoms with van der Waals surface area (Å²) in [5, 5.41) is 0. The molecule has 15 heavy (non-hydrogen) atoms. The van der Waals surface area contributed by atoms with Crippen LogP contribution in [0.4, 0.5) is 5.69 Å². The summed E-state index contributed by atoms with van der Waals surface area (Å²) >= 11 is 0. The molecule has 0 heterocycles. The van der Waals surface area contributed by atoms with Gasteiger partial charge in [-0.05, 0) is 18.6 Å². The second-order valence-corrected chi connectivity index (χ2v) is 4.93. The Hall–Kier alpha value is -1.03. The van der Waals surface area contributed by atoms with Crippen LogP contribution in [0.15, 0.2) is 24.3 Å². The van der Waals surface area contributed by atoms with E-state index in [0.717, 1.165) is 12.2 Å². The van der Waals surface area contributed by atoms with Crippen molar-refractivity contribution in [3.05, 3.63) is 24.3 Å². The van der Waals surface area contributed by atoms with E-state index in [1.165, 1.54) is 0 Å². The van der Waals surface area contributed by atoms with Crippen LogP contribution >= 0.6 is 0 Å². The van der Waals surface area contributed by atoms with E-state index in [-0.39, 0.29) is 0 Å². The lowest BCUT2D eigenvalue weighted by Crippen LogP contribution is -2.11. The lowest BCUT2D eigenvalue weighted by Gasteiger charge is -2.07. The Morgan fingerprint density at radius 1 is 1.33 bits per heavy atom. The first kappa shape index (κ1) is 12.0. The van der Waals surface area contributed by atoms with Gasteiger partial charge in [-0.25, -0.2) is 0 Å². The molecule has 0 aliphatic rings. The normalized spacial score (nSPS) is 12.3. The SMILES string of the molecule is CCCS(=O)CCOc1ccccc1N. The molecule has 0 aliphatic carbocycles. The highest BCUT2D eigenvalue weighted by molar-refractivity contribution is 7.84. The Morgan fingerprint density at radius 3 is 2.73 bits per heavy atom. The largest absolute Gasteiger partial charge is 0.490 e. The van der Waals surface area contributed by atoms with Crippen LogP contribution in [0.25, 0.3) is 0 Å². The summed E-state index contributed by atoms with van der Waals surface area (Å²) in [6.45, 7) is 2.48. The lowest BCUT2D eigenvalue weighted by atomic mass is 10.3. The summed E-state index contributed by atoms with van der Waals surface area (Å²) in [6.07, 6.45) is 0.945. The van der Waals surface area contributed by atoms with Crippen LogP contribution in [0.3, 0.4) is 0 Å². The molecule has 84 valence electrons. The van der Waals surface area contributed by atoms with Crippen molar-refractivity contribution in [1.82, 2.24) is 0 Å². The molecule has 1 rings (SSSR count). The van der Waals surface area contributed by atoms with Crippen LogP contribution in [0, 0.1) is 0 Å². The number of anilines is 1. The minimum Gasteiger partial charge on any atom is -0.490 e. The molecular weight excluding hydrogens is 210 g/mol. The number of hydrogen-bond donors (Lipinski definition) is 1. The first-order chi connectivity index (χ1) is 7.24. The van der Waals surface area contributed by atoms with Gasteiger partial charge in [-0.15, -0.1) is 0 Å². The van der Waals surface area contributed by atoms with Gasteiger partial charge in [-0.2, -0.15) is 0 Å². The summed E-state index contributed by atoms with van der Waals surface area (Å²) in [4.78, 5) is 0. The van der Waals surface area contributed by atoms with Crippen molar-refractivity contribution in [3.63, 3.8) is 0 Å². The van der Waals surface area contributed by atoms with Crippen molar-refractivity contribution < 1.29 is 8.95 Å². The molecule has 2 N–H and O–H groups in total. The Kier molecular flexibility index (Phi) is 5.18. The number of nitrogens with two attached hydrogens (primary N) is 1. The Bertz CT molecular complexity index is 328. The fraction of sp³-hybridized carbons (Fsp3) is 0.455. The minimum absolute atomic E-state index is 0.459. The van der Waals surface area contributed by atoms with Crippen molar-refractivity contribution in [1.29, 1.82) is 0 Å². The van der Waals surface area contributed by atoms with E-state index in [1.807, 2.05) is 25.1 Å².